The fraction of sp³-hybridized carbons (Fsp3) is 0.458. The largest absolute Gasteiger partial charge is 0.339 e. The van der Waals surface area contributed by atoms with Crippen LogP contribution < -0.4 is 0 Å². The smallest absolute Gasteiger partial charge is 0.236 e. The lowest BCUT2D eigenvalue weighted by molar-refractivity contribution is -0.134. The highest BCUT2D eigenvalue weighted by Crippen LogP contribution is 2.14. The van der Waals surface area contributed by atoms with Gasteiger partial charge < -0.3 is 4.90 Å². The summed E-state index contributed by atoms with van der Waals surface area (Å²) >= 11 is 0. The molecule has 0 radical (unpaired) electrons. The van der Waals surface area contributed by atoms with E-state index in [2.05, 4.69) is 34.1 Å². The Kier molecular flexibility index (Phi) is 7.57. The zero-order valence-corrected chi connectivity index (χ0v) is 19.3. The van der Waals surface area contributed by atoms with Crippen LogP contribution in [0.1, 0.15) is 11.1 Å². The van der Waals surface area contributed by atoms with E-state index in [9.17, 15) is 13.2 Å². The summed E-state index contributed by atoms with van der Waals surface area (Å²) in [6, 6.07) is 19.7. The van der Waals surface area contributed by atoms with Gasteiger partial charge in [-0.1, -0.05) is 60.7 Å². The molecule has 2 aromatic carbocycles. The third-order valence-electron chi connectivity index (χ3n) is 6.25. The van der Waals surface area contributed by atoms with Crippen molar-refractivity contribution in [3.8, 4) is 0 Å². The van der Waals surface area contributed by atoms with Gasteiger partial charge in [-0.2, -0.15) is 4.31 Å². The first-order chi connectivity index (χ1) is 15.5. The quantitative estimate of drug-likeness (QED) is 0.632. The van der Waals surface area contributed by atoms with Crippen LogP contribution in [0.2, 0.25) is 0 Å². The van der Waals surface area contributed by atoms with Crippen molar-refractivity contribution in [2.45, 2.75) is 12.3 Å². The second-order valence-electron chi connectivity index (χ2n) is 8.56. The Morgan fingerprint density at radius 2 is 1.22 bits per heavy atom. The Morgan fingerprint density at radius 1 is 0.688 bits per heavy atom. The van der Waals surface area contributed by atoms with Crippen molar-refractivity contribution in [2.24, 2.45) is 0 Å². The van der Waals surface area contributed by atoms with E-state index < -0.39 is 10.0 Å². The summed E-state index contributed by atoms with van der Waals surface area (Å²) in [5.41, 5.74) is 2.11. The minimum atomic E-state index is -3.37. The molecule has 0 saturated carbocycles. The zero-order chi connectivity index (χ0) is 22.4. The van der Waals surface area contributed by atoms with Crippen LogP contribution in [0.3, 0.4) is 0 Å². The number of sulfonamides is 1. The van der Waals surface area contributed by atoms with Crippen LogP contribution in [0.25, 0.3) is 0 Å². The first-order valence-electron chi connectivity index (χ1n) is 11.3. The average molecular weight is 457 g/mol. The van der Waals surface area contributed by atoms with E-state index in [1.165, 1.54) is 9.87 Å². The predicted molar refractivity (Wildman–Crippen MR) is 125 cm³/mol. The molecule has 8 heteroatoms. The van der Waals surface area contributed by atoms with Crippen molar-refractivity contribution in [2.75, 3.05) is 58.9 Å². The molecule has 0 bridgehead atoms. The lowest BCUT2D eigenvalue weighted by Crippen LogP contribution is -2.54. The van der Waals surface area contributed by atoms with E-state index in [1.54, 1.807) is 0 Å². The van der Waals surface area contributed by atoms with Gasteiger partial charge in [-0.05, 0) is 11.1 Å². The van der Waals surface area contributed by atoms with Crippen LogP contribution >= 0.6 is 0 Å². The van der Waals surface area contributed by atoms with E-state index in [0.29, 0.717) is 32.7 Å². The number of carbonyl (C=O) groups excluding carboxylic acids is 1. The number of rotatable bonds is 7. The molecule has 0 N–H and O–H groups in total. The molecule has 2 aliphatic rings. The van der Waals surface area contributed by atoms with Gasteiger partial charge in [-0.25, -0.2) is 8.42 Å². The van der Waals surface area contributed by atoms with Gasteiger partial charge in [-0.15, -0.1) is 0 Å². The molecule has 0 spiro atoms. The molecular weight excluding hydrogens is 424 g/mol. The van der Waals surface area contributed by atoms with E-state index in [4.69, 9.17) is 0 Å². The fourth-order valence-corrected chi connectivity index (χ4v) is 5.85. The number of hydrogen-bond acceptors (Lipinski definition) is 5. The number of hydrogen-bond donors (Lipinski definition) is 0. The zero-order valence-electron chi connectivity index (χ0n) is 18.5. The molecule has 1 amide bonds. The molecule has 7 nitrogen and oxygen atoms in total. The normalized spacial score (nSPS) is 19.2. The average Bonchev–Trinajstić information content (AvgIpc) is 2.81. The molecule has 32 heavy (non-hydrogen) atoms. The van der Waals surface area contributed by atoms with Crippen molar-refractivity contribution < 1.29 is 13.2 Å². The van der Waals surface area contributed by atoms with Crippen LogP contribution in [0.5, 0.6) is 0 Å². The molecule has 172 valence electrons. The number of amides is 1. The summed E-state index contributed by atoms with van der Waals surface area (Å²) in [5.74, 6) is 0.108. The van der Waals surface area contributed by atoms with Crippen molar-refractivity contribution in [1.82, 2.24) is 19.0 Å². The second kappa shape index (κ2) is 10.6. The van der Waals surface area contributed by atoms with Crippen LogP contribution in [0.4, 0.5) is 0 Å². The van der Waals surface area contributed by atoms with E-state index in [-0.39, 0.29) is 11.7 Å². The van der Waals surface area contributed by atoms with Gasteiger partial charge in [0, 0.05) is 58.9 Å². The van der Waals surface area contributed by atoms with Crippen molar-refractivity contribution in [3.05, 3.63) is 71.8 Å². The van der Waals surface area contributed by atoms with Gasteiger partial charge in [-0.3, -0.25) is 14.6 Å². The van der Waals surface area contributed by atoms with Crippen LogP contribution in [-0.2, 0) is 27.1 Å². The molecular formula is C24H32N4O3S. The maximum Gasteiger partial charge on any atom is 0.236 e. The van der Waals surface area contributed by atoms with E-state index in [0.717, 1.165) is 38.3 Å². The highest BCUT2D eigenvalue weighted by Gasteiger charge is 2.30. The monoisotopic (exact) mass is 456 g/mol. The van der Waals surface area contributed by atoms with Crippen LogP contribution in [0.15, 0.2) is 60.7 Å². The molecule has 0 aromatic heterocycles. The summed E-state index contributed by atoms with van der Waals surface area (Å²) in [4.78, 5) is 19.2. The topological polar surface area (TPSA) is 64.2 Å². The number of benzene rings is 2. The number of carbonyl (C=O) groups is 1. The molecule has 0 unspecified atom stereocenters. The lowest BCUT2D eigenvalue weighted by Gasteiger charge is -2.37. The minimum absolute atomic E-state index is 0.00897. The van der Waals surface area contributed by atoms with Gasteiger partial charge in [0.05, 0.1) is 12.3 Å². The summed E-state index contributed by atoms with van der Waals surface area (Å²) in [6.45, 7) is 6.67. The molecule has 0 atom stereocenters. The Hall–Kier alpha value is -2.26. The summed E-state index contributed by atoms with van der Waals surface area (Å²) < 4.78 is 27.0. The second-order valence-corrected chi connectivity index (χ2v) is 10.5. The van der Waals surface area contributed by atoms with Crippen molar-refractivity contribution in [3.63, 3.8) is 0 Å². The first kappa shape index (κ1) is 22.9. The first-order valence-corrected chi connectivity index (χ1v) is 12.9. The Labute approximate surface area is 191 Å². The van der Waals surface area contributed by atoms with Gasteiger partial charge in [0.1, 0.15) is 0 Å². The molecule has 2 aliphatic heterocycles. The maximum atomic E-state index is 12.8. The van der Waals surface area contributed by atoms with Gasteiger partial charge in [0.2, 0.25) is 15.9 Å². The summed E-state index contributed by atoms with van der Waals surface area (Å²) in [7, 11) is -3.37. The minimum Gasteiger partial charge on any atom is -0.339 e. The molecule has 2 fully saturated rings. The standard InChI is InChI=1S/C24H32N4O3S/c29-24(20-26-13-11-25(12-14-26)19-22-7-3-1-4-8-22)27-15-17-28(18-16-27)32(30,31)21-23-9-5-2-6-10-23/h1-10H,11-21H2. The Bertz CT molecular complexity index is 969. The van der Waals surface area contributed by atoms with Gasteiger partial charge >= 0.3 is 0 Å². The molecule has 0 aliphatic carbocycles. The summed E-state index contributed by atoms with van der Waals surface area (Å²) in [5, 5.41) is 0. The van der Waals surface area contributed by atoms with Crippen molar-refractivity contribution in [1.29, 1.82) is 0 Å². The SMILES string of the molecule is O=C(CN1CCN(Cc2ccccc2)CC1)N1CCN(S(=O)(=O)Cc2ccccc2)CC1. The molecule has 2 heterocycles. The lowest BCUT2D eigenvalue weighted by atomic mass is 10.2. The van der Waals surface area contributed by atoms with Gasteiger partial charge in [0.25, 0.3) is 0 Å². The van der Waals surface area contributed by atoms with Gasteiger partial charge in [0.15, 0.2) is 0 Å². The van der Waals surface area contributed by atoms with Crippen LogP contribution in [-0.4, -0.2) is 92.2 Å². The Balaban J connectivity index is 1.20. The summed E-state index contributed by atoms with van der Waals surface area (Å²) in [6.07, 6.45) is 0. The fourth-order valence-electron chi connectivity index (χ4n) is 4.33. The van der Waals surface area contributed by atoms with E-state index >= 15 is 0 Å². The molecule has 2 aromatic rings. The highest BCUT2D eigenvalue weighted by atomic mass is 32.2. The van der Waals surface area contributed by atoms with Crippen molar-refractivity contribution >= 4 is 15.9 Å². The molecule has 2 saturated heterocycles. The van der Waals surface area contributed by atoms with E-state index in [1.807, 2.05) is 41.3 Å². The third kappa shape index (κ3) is 6.16. The molecule has 4 rings (SSSR count). The van der Waals surface area contributed by atoms with Crippen LogP contribution in [0, 0.1) is 0 Å². The third-order valence-corrected chi connectivity index (χ3v) is 8.10. The highest BCUT2D eigenvalue weighted by molar-refractivity contribution is 7.88. The number of piperazine rings is 2. The maximum absolute atomic E-state index is 12.8. The predicted octanol–water partition coefficient (Wildman–Crippen LogP) is 1.48. The Morgan fingerprint density at radius 3 is 1.81 bits per heavy atom. The number of nitrogens with zero attached hydrogens (tertiary/aromatic N) is 4.